The SMILES string of the molecule is N#CCC1(Cn2ccc(C(F)(F)F)n2)CC1. The van der Waals surface area contributed by atoms with Crippen molar-refractivity contribution in [1.82, 2.24) is 9.78 Å². The van der Waals surface area contributed by atoms with E-state index in [1.807, 2.05) is 0 Å². The summed E-state index contributed by atoms with van der Waals surface area (Å²) in [6.07, 6.45) is -0.908. The van der Waals surface area contributed by atoms with Crippen LogP contribution in [0.2, 0.25) is 0 Å². The van der Waals surface area contributed by atoms with Gasteiger partial charge in [-0.05, 0) is 18.9 Å². The minimum Gasteiger partial charge on any atom is -0.272 e. The van der Waals surface area contributed by atoms with Crippen LogP contribution in [0, 0.1) is 16.7 Å². The molecule has 1 heterocycles. The molecule has 0 aromatic carbocycles. The number of rotatable bonds is 3. The van der Waals surface area contributed by atoms with E-state index in [-0.39, 0.29) is 5.41 Å². The molecular weight excluding hydrogens is 219 g/mol. The highest BCUT2D eigenvalue weighted by molar-refractivity contribution is 5.05. The molecule has 0 spiro atoms. The van der Waals surface area contributed by atoms with Crippen molar-refractivity contribution in [3.8, 4) is 6.07 Å². The summed E-state index contributed by atoms with van der Waals surface area (Å²) in [4.78, 5) is 0. The van der Waals surface area contributed by atoms with Crippen LogP contribution in [-0.2, 0) is 12.7 Å². The smallest absolute Gasteiger partial charge is 0.272 e. The number of hydrogen-bond donors (Lipinski definition) is 0. The molecule has 0 saturated heterocycles. The summed E-state index contributed by atoms with van der Waals surface area (Å²) in [6, 6.07) is 3.03. The van der Waals surface area contributed by atoms with Gasteiger partial charge in [0.1, 0.15) is 0 Å². The number of alkyl halides is 3. The molecule has 2 rings (SSSR count). The van der Waals surface area contributed by atoms with Gasteiger partial charge < -0.3 is 0 Å². The molecule has 86 valence electrons. The Balaban J connectivity index is 2.07. The first-order valence-corrected chi connectivity index (χ1v) is 4.93. The summed E-state index contributed by atoms with van der Waals surface area (Å²) < 4.78 is 38.1. The van der Waals surface area contributed by atoms with Gasteiger partial charge in [0.15, 0.2) is 5.69 Å². The van der Waals surface area contributed by atoms with Crippen molar-refractivity contribution in [1.29, 1.82) is 5.26 Å². The Labute approximate surface area is 90.5 Å². The number of hydrogen-bond acceptors (Lipinski definition) is 2. The second kappa shape index (κ2) is 3.51. The van der Waals surface area contributed by atoms with E-state index in [0.29, 0.717) is 13.0 Å². The van der Waals surface area contributed by atoms with E-state index in [2.05, 4.69) is 11.2 Å². The molecule has 1 aliphatic rings. The third kappa shape index (κ3) is 2.18. The highest BCUT2D eigenvalue weighted by Crippen LogP contribution is 2.49. The largest absolute Gasteiger partial charge is 0.435 e. The van der Waals surface area contributed by atoms with Gasteiger partial charge in [-0.3, -0.25) is 4.68 Å². The second-order valence-electron chi connectivity index (χ2n) is 4.23. The Hall–Kier alpha value is -1.51. The Kier molecular flexibility index (Phi) is 2.41. The molecule has 0 amide bonds. The van der Waals surface area contributed by atoms with Gasteiger partial charge in [-0.2, -0.15) is 23.5 Å². The zero-order valence-corrected chi connectivity index (χ0v) is 8.46. The van der Waals surface area contributed by atoms with Crippen LogP contribution < -0.4 is 0 Å². The van der Waals surface area contributed by atoms with Gasteiger partial charge in [0.2, 0.25) is 0 Å². The molecule has 3 nitrogen and oxygen atoms in total. The molecule has 0 N–H and O–H groups in total. The molecule has 0 atom stereocenters. The van der Waals surface area contributed by atoms with Crippen molar-refractivity contribution in [2.45, 2.75) is 32.0 Å². The minimum atomic E-state index is -4.39. The quantitative estimate of drug-likeness (QED) is 0.799. The zero-order chi connectivity index (χ0) is 11.8. The number of aromatic nitrogens is 2. The Morgan fingerprint density at radius 2 is 2.19 bits per heavy atom. The van der Waals surface area contributed by atoms with Gasteiger partial charge in [0, 0.05) is 24.6 Å². The normalized spacial score (nSPS) is 18.1. The minimum absolute atomic E-state index is 0.135. The lowest BCUT2D eigenvalue weighted by Crippen LogP contribution is -2.13. The van der Waals surface area contributed by atoms with Gasteiger partial charge in [0.05, 0.1) is 6.07 Å². The summed E-state index contributed by atoms with van der Waals surface area (Å²) in [6.45, 7) is 0.399. The first kappa shape index (κ1) is 11.0. The maximum absolute atomic E-state index is 12.3. The third-order valence-electron chi connectivity index (χ3n) is 2.84. The van der Waals surface area contributed by atoms with E-state index in [0.717, 1.165) is 18.9 Å². The van der Waals surface area contributed by atoms with Crippen LogP contribution in [0.15, 0.2) is 12.3 Å². The lowest BCUT2D eigenvalue weighted by molar-refractivity contribution is -0.141. The molecule has 0 unspecified atom stereocenters. The van der Waals surface area contributed by atoms with Crippen LogP contribution in [0.4, 0.5) is 13.2 Å². The maximum atomic E-state index is 12.3. The highest BCUT2D eigenvalue weighted by Gasteiger charge is 2.43. The van der Waals surface area contributed by atoms with Crippen molar-refractivity contribution in [3.63, 3.8) is 0 Å². The summed E-state index contributed by atoms with van der Waals surface area (Å²) >= 11 is 0. The molecule has 1 aromatic rings. The molecule has 1 saturated carbocycles. The number of halogens is 3. The standard InChI is InChI=1S/C10H10F3N3/c11-10(12,13)8-1-6-16(15-8)7-9(2-3-9)4-5-14/h1,6H,2-4,7H2. The highest BCUT2D eigenvalue weighted by atomic mass is 19.4. The Morgan fingerprint density at radius 1 is 1.50 bits per heavy atom. The van der Waals surface area contributed by atoms with Crippen LogP contribution in [0.1, 0.15) is 25.0 Å². The zero-order valence-electron chi connectivity index (χ0n) is 8.46. The van der Waals surface area contributed by atoms with Crippen LogP contribution >= 0.6 is 0 Å². The lowest BCUT2D eigenvalue weighted by atomic mass is 10.0. The second-order valence-corrected chi connectivity index (χ2v) is 4.23. The van der Waals surface area contributed by atoms with Crippen LogP contribution in [0.25, 0.3) is 0 Å². The Morgan fingerprint density at radius 3 is 2.62 bits per heavy atom. The first-order chi connectivity index (χ1) is 7.45. The predicted molar refractivity (Wildman–Crippen MR) is 49.1 cm³/mol. The Bertz CT molecular complexity index is 423. The van der Waals surface area contributed by atoms with E-state index >= 15 is 0 Å². The molecule has 0 bridgehead atoms. The molecule has 16 heavy (non-hydrogen) atoms. The average Bonchev–Trinajstić information content (AvgIpc) is 2.75. The summed E-state index contributed by atoms with van der Waals surface area (Å²) in [7, 11) is 0. The molecule has 6 heteroatoms. The van der Waals surface area contributed by atoms with Crippen LogP contribution in [-0.4, -0.2) is 9.78 Å². The lowest BCUT2D eigenvalue weighted by Gasteiger charge is -2.10. The summed E-state index contributed by atoms with van der Waals surface area (Å²) in [5.74, 6) is 0. The third-order valence-corrected chi connectivity index (χ3v) is 2.84. The summed E-state index contributed by atoms with van der Waals surface area (Å²) in [5.41, 5.74) is -1.01. The van der Waals surface area contributed by atoms with Crippen molar-refractivity contribution < 1.29 is 13.2 Å². The molecule has 1 fully saturated rings. The summed E-state index contributed by atoms with van der Waals surface area (Å²) in [5, 5.41) is 12.1. The van der Waals surface area contributed by atoms with E-state index in [1.165, 1.54) is 10.9 Å². The van der Waals surface area contributed by atoms with Crippen molar-refractivity contribution in [2.75, 3.05) is 0 Å². The molecule has 1 aliphatic carbocycles. The van der Waals surface area contributed by atoms with Crippen molar-refractivity contribution in [3.05, 3.63) is 18.0 Å². The number of nitrogens with zero attached hydrogens (tertiary/aromatic N) is 3. The number of nitriles is 1. The molecule has 0 aliphatic heterocycles. The average molecular weight is 229 g/mol. The van der Waals surface area contributed by atoms with Gasteiger partial charge in [-0.15, -0.1) is 0 Å². The fourth-order valence-electron chi connectivity index (χ4n) is 1.68. The van der Waals surface area contributed by atoms with E-state index in [1.54, 1.807) is 0 Å². The van der Waals surface area contributed by atoms with Gasteiger partial charge >= 0.3 is 6.18 Å². The fourth-order valence-corrected chi connectivity index (χ4v) is 1.68. The van der Waals surface area contributed by atoms with Crippen LogP contribution in [0.5, 0.6) is 0 Å². The first-order valence-electron chi connectivity index (χ1n) is 4.93. The monoisotopic (exact) mass is 229 g/mol. The molecular formula is C10H10F3N3. The van der Waals surface area contributed by atoms with Gasteiger partial charge in [-0.25, -0.2) is 0 Å². The van der Waals surface area contributed by atoms with Gasteiger partial charge in [-0.1, -0.05) is 0 Å². The van der Waals surface area contributed by atoms with Crippen molar-refractivity contribution >= 4 is 0 Å². The molecule has 0 radical (unpaired) electrons. The predicted octanol–water partition coefficient (Wildman–Crippen LogP) is 2.60. The van der Waals surface area contributed by atoms with E-state index in [9.17, 15) is 13.2 Å². The maximum Gasteiger partial charge on any atom is 0.435 e. The van der Waals surface area contributed by atoms with Crippen molar-refractivity contribution in [2.24, 2.45) is 5.41 Å². The van der Waals surface area contributed by atoms with E-state index in [4.69, 9.17) is 5.26 Å². The topological polar surface area (TPSA) is 41.6 Å². The van der Waals surface area contributed by atoms with E-state index < -0.39 is 11.9 Å². The van der Waals surface area contributed by atoms with Gasteiger partial charge in [0.25, 0.3) is 0 Å². The van der Waals surface area contributed by atoms with Crippen LogP contribution in [0.3, 0.4) is 0 Å². The fraction of sp³-hybridized carbons (Fsp3) is 0.600. The molecule has 1 aromatic heterocycles.